The third kappa shape index (κ3) is 4.25. The molecule has 1 aromatic rings. The van der Waals surface area contributed by atoms with E-state index in [1.165, 1.54) is 0 Å². The molecule has 1 aliphatic heterocycles. The first-order chi connectivity index (χ1) is 9.66. The molecule has 0 saturated carbocycles. The number of hydrogen-bond acceptors (Lipinski definition) is 4. The van der Waals surface area contributed by atoms with E-state index in [2.05, 4.69) is 10.6 Å². The van der Waals surface area contributed by atoms with Crippen molar-refractivity contribution < 1.29 is 14.7 Å². The Labute approximate surface area is 122 Å². The molecule has 3 N–H and O–H groups in total. The van der Waals surface area contributed by atoms with Gasteiger partial charge in [-0.3, -0.25) is 4.79 Å². The average Bonchev–Trinajstić information content (AvgIpc) is 2.48. The van der Waals surface area contributed by atoms with Gasteiger partial charge in [-0.2, -0.15) is 11.8 Å². The molecule has 0 spiro atoms. The smallest absolute Gasteiger partial charge is 0.326 e. The highest BCUT2D eigenvalue weighted by Crippen LogP contribution is 2.09. The second-order valence-electron chi connectivity index (χ2n) is 4.67. The number of carboxylic acid groups (broad SMARTS) is 1. The van der Waals surface area contributed by atoms with Gasteiger partial charge < -0.3 is 15.7 Å². The maximum Gasteiger partial charge on any atom is 0.326 e. The predicted octanol–water partition coefficient (Wildman–Crippen LogP) is 0.504. The lowest BCUT2D eigenvalue weighted by molar-refractivity contribution is -0.142. The number of aliphatic carboxylic acids is 1. The molecule has 0 radical (unpaired) electrons. The summed E-state index contributed by atoms with van der Waals surface area (Å²) in [7, 11) is 0. The third-order valence-electron chi connectivity index (χ3n) is 3.14. The summed E-state index contributed by atoms with van der Waals surface area (Å²) >= 11 is 1.70. The Hall–Kier alpha value is -1.53. The van der Waals surface area contributed by atoms with Gasteiger partial charge >= 0.3 is 5.97 Å². The van der Waals surface area contributed by atoms with Crippen molar-refractivity contribution >= 4 is 23.6 Å². The number of thioether (sulfide) groups is 1. The SMILES string of the molecule is O=C(N[C@@H](Cc1ccccc1)C(=O)O)C1CSCCN1. The Kier molecular flexibility index (Phi) is 5.43. The van der Waals surface area contributed by atoms with E-state index in [1.807, 2.05) is 30.3 Å². The van der Waals surface area contributed by atoms with E-state index >= 15 is 0 Å². The molecule has 1 aromatic carbocycles. The minimum atomic E-state index is -1.01. The minimum Gasteiger partial charge on any atom is -0.480 e. The Balaban J connectivity index is 1.95. The van der Waals surface area contributed by atoms with Gasteiger partial charge in [0.1, 0.15) is 6.04 Å². The summed E-state index contributed by atoms with van der Waals surface area (Å²) in [6, 6.07) is 8.12. The van der Waals surface area contributed by atoms with Crippen molar-refractivity contribution in [3.05, 3.63) is 35.9 Å². The lowest BCUT2D eigenvalue weighted by Crippen LogP contribution is -2.53. The Bertz CT molecular complexity index is 461. The van der Waals surface area contributed by atoms with Gasteiger partial charge in [0.2, 0.25) is 5.91 Å². The van der Waals surface area contributed by atoms with Crippen LogP contribution in [0.5, 0.6) is 0 Å². The molecule has 108 valence electrons. The molecule has 1 aliphatic rings. The van der Waals surface area contributed by atoms with Crippen LogP contribution in [0.4, 0.5) is 0 Å². The van der Waals surface area contributed by atoms with Crippen molar-refractivity contribution in [2.45, 2.75) is 18.5 Å². The number of rotatable bonds is 5. The Morgan fingerprint density at radius 3 is 2.75 bits per heavy atom. The van der Waals surface area contributed by atoms with Crippen LogP contribution in [0.1, 0.15) is 5.56 Å². The largest absolute Gasteiger partial charge is 0.480 e. The number of hydrogen-bond donors (Lipinski definition) is 3. The first-order valence-corrected chi connectivity index (χ1v) is 7.70. The van der Waals surface area contributed by atoms with E-state index in [-0.39, 0.29) is 11.9 Å². The van der Waals surface area contributed by atoms with Crippen LogP contribution in [0, 0.1) is 0 Å². The van der Waals surface area contributed by atoms with Crippen molar-refractivity contribution in [1.82, 2.24) is 10.6 Å². The molecule has 1 amide bonds. The van der Waals surface area contributed by atoms with Crippen molar-refractivity contribution in [3.63, 3.8) is 0 Å². The fourth-order valence-electron chi connectivity index (χ4n) is 2.06. The van der Waals surface area contributed by atoms with Gasteiger partial charge in [-0.05, 0) is 5.56 Å². The molecule has 0 aromatic heterocycles. The molecule has 2 atom stereocenters. The second-order valence-corrected chi connectivity index (χ2v) is 5.82. The summed E-state index contributed by atoms with van der Waals surface area (Å²) < 4.78 is 0. The normalized spacial score (nSPS) is 20.1. The quantitative estimate of drug-likeness (QED) is 0.737. The molecular weight excluding hydrogens is 276 g/mol. The fraction of sp³-hybridized carbons (Fsp3) is 0.429. The zero-order valence-electron chi connectivity index (χ0n) is 11.0. The highest BCUT2D eigenvalue weighted by atomic mass is 32.2. The lowest BCUT2D eigenvalue weighted by Gasteiger charge is -2.24. The molecule has 1 unspecified atom stereocenters. The Morgan fingerprint density at radius 1 is 1.40 bits per heavy atom. The third-order valence-corrected chi connectivity index (χ3v) is 4.20. The van der Waals surface area contributed by atoms with Crippen LogP contribution in [-0.2, 0) is 16.0 Å². The van der Waals surface area contributed by atoms with Crippen LogP contribution in [-0.4, -0.2) is 47.1 Å². The van der Waals surface area contributed by atoms with E-state index in [4.69, 9.17) is 0 Å². The van der Waals surface area contributed by atoms with Gasteiger partial charge in [-0.25, -0.2) is 4.79 Å². The summed E-state index contributed by atoms with van der Waals surface area (Å²) in [6.45, 7) is 0.777. The average molecular weight is 294 g/mol. The second kappa shape index (κ2) is 7.31. The first-order valence-electron chi connectivity index (χ1n) is 6.55. The number of amides is 1. The number of nitrogens with one attached hydrogen (secondary N) is 2. The molecule has 20 heavy (non-hydrogen) atoms. The van der Waals surface area contributed by atoms with Gasteiger partial charge in [0.05, 0.1) is 6.04 Å². The summed E-state index contributed by atoms with van der Waals surface area (Å²) in [5.74, 6) is 0.422. The van der Waals surface area contributed by atoms with E-state index in [0.717, 1.165) is 17.9 Å². The van der Waals surface area contributed by atoms with Crippen molar-refractivity contribution in [1.29, 1.82) is 0 Å². The van der Waals surface area contributed by atoms with E-state index in [0.29, 0.717) is 12.2 Å². The van der Waals surface area contributed by atoms with Crippen LogP contribution >= 0.6 is 11.8 Å². The molecule has 1 fully saturated rings. The minimum absolute atomic E-state index is 0.236. The van der Waals surface area contributed by atoms with Crippen LogP contribution in [0.3, 0.4) is 0 Å². The van der Waals surface area contributed by atoms with E-state index in [1.54, 1.807) is 11.8 Å². The maximum atomic E-state index is 12.1. The molecule has 0 bridgehead atoms. The van der Waals surface area contributed by atoms with Gasteiger partial charge in [-0.1, -0.05) is 30.3 Å². The zero-order valence-corrected chi connectivity index (χ0v) is 11.9. The van der Waals surface area contributed by atoms with Gasteiger partial charge in [0.15, 0.2) is 0 Å². The highest BCUT2D eigenvalue weighted by Gasteiger charge is 2.26. The number of carboxylic acids is 1. The van der Waals surface area contributed by atoms with Crippen molar-refractivity contribution in [3.8, 4) is 0 Å². The van der Waals surface area contributed by atoms with Crippen LogP contribution < -0.4 is 10.6 Å². The maximum absolute atomic E-state index is 12.1. The Morgan fingerprint density at radius 2 is 2.15 bits per heavy atom. The van der Waals surface area contributed by atoms with Crippen LogP contribution in [0.15, 0.2) is 30.3 Å². The van der Waals surface area contributed by atoms with E-state index < -0.39 is 12.0 Å². The lowest BCUT2D eigenvalue weighted by atomic mass is 10.1. The summed E-state index contributed by atoms with van der Waals surface area (Å²) in [5, 5.41) is 15.0. The number of carbonyl (C=O) groups is 2. The number of benzene rings is 1. The van der Waals surface area contributed by atoms with E-state index in [9.17, 15) is 14.7 Å². The van der Waals surface area contributed by atoms with Gasteiger partial charge in [-0.15, -0.1) is 0 Å². The monoisotopic (exact) mass is 294 g/mol. The molecule has 0 aliphatic carbocycles. The predicted molar refractivity (Wildman–Crippen MR) is 78.8 cm³/mol. The molecular formula is C14H18N2O3S. The topological polar surface area (TPSA) is 78.4 Å². The van der Waals surface area contributed by atoms with Gasteiger partial charge in [0, 0.05) is 24.5 Å². The van der Waals surface area contributed by atoms with Crippen LogP contribution in [0.2, 0.25) is 0 Å². The van der Waals surface area contributed by atoms with Crippen molar-refractivity contribution in [2.75, 3.05) is 18.1 Å². The first kappa shape index (κ1) is 14.9. The van der Waals surface area contributed by atoms with Crippen LogP contribution in [0.25, 0.3) is 0 Å². The summed E-state index contributed by atoms with van der Waals surface area (Å²) in [5.41, 5.74) is 0.895. The fourth-order valence-corrected chi connectivity index (χ4v) is 2.99. The highest BCUT2D eigenvalue weighted by molar-refractivity contribution is 7.99. The zero-order chi connectivity index (χ0) is 14.4. The molecule has 2 rings (SSSR count). The molecule has 6 heteroatoms. The summed E-state index contributed by atoms with van der Waals surface area (Å²) in [6.07, 6.45) is 0.293. The number of carbonyl (C=O) groups excluding carboxylic acids is 1. The van der Waals surface area contributed by atoms with Gasteiger partial charge in [0.25, 0.3) is 0 Å². The molecule has 1 saturated heterocycles. The molecule has 5 nitrogen and oxygen atoms in total. The molecule has 1 heterocycles. The summed E-state index contributed by atoms with van der Waals surface area (Å²) in [4.78, 5) is 23.3. The standard InChI is InChI=1S/C14H18N2O3S/c17-13(12-9-20-7-6-15-12)16-11(14(18)19)8-10-4-2-1-3-5-10/h1-5,11-12,15H,6-9H2,(H,16,17)(H,18,19)/t11-,12?/m0/s1. The van der Waals surface area contributed by atoms with Crippen molar-refractivity contribution in [2.24, 2.45) is 0 Å².